The second-order valence-electron chi connectivity index (χ2n) is 8.34. The van der Waals surface area contributed by atoms with Gasteiger partial charge in [0.15, 0.2) is 0 Å². The standard InChI is InChI=1S/C25H31N3O/c1-2-26-12-15-28-24-6-4-3-5-22(24)23-8-7-21(17-25(23)28)29-16-11-20-18-27-13-9-19(20)10-14-27/h3-8,11,17,19,26H,2,9-10,12-16,18H2,1H3. The van der Waals surface area contributed by atoms with Gasteiger partial charge >= 0.3 is 0 Å². The topological polar surface area (TPSA) is 29.4 Å². The van der Waals surface area contributed by atoms with E-state index in [1.807, 2.05) is 0 Å². The molecule has 0 spiro atoms. The summed E-state index contributed by atoms with van der Waals surface area (Å²) in [6.07, 6.45) is 4.98. The number of benzene rings is 2. The van der Waals surface area contributed by atoms with Crippen molar-refractivity contribution in [1.29, 1.82) is 0 Å². The Bertz CT molecular complexity index is 1030. The molecule has 3 aliphatic heterocycles. The zero-order valence-electron chi connectivity index (χ0n) is 17.4. The van der Waals surface area contributed by atoms with Crippen LogP contribution in [0.1, 0.15) is 19.8 Å². The summed E-state index contributed by atoms with van der Waals surface area (Å²) in [5, 5.41) is 6.08. The van der Waals surface area contributed by atoms with E-state index < -0.39 is 0 Å². The van der Waals surface area contributed by atoms with E-state index in [1.165, 1.54) is 47.7 Å². The molecule has 0 unspecified atom stereocenters. The first-order chi connectivity index (χ1) is 14.3. The maximum atomic E-state index is 6.18. The lowest BCUT2D eigenvalue weighted by Crippen LogP contribution is -2.43. The second-order valence-corrected chi connectivity index (χ2v) is 8.34. The minimum Gasteiger partial charge on any atom is -0.489 e. The summed E-state index contributed by atoms with van der Waals surface area (Å²) in [5.41, 5.74) is 4.15. The fourth-order valence-corrected chi connectivity index (χ4v) is 5.05. The normalized spacial score (nSPS) is 22.7. The Hall–Kier alpha value is -2.30. The summed E-state index contributed by atoms with van der Waals surface area (Å²) in [6, 6.07) is 15.3. The largest absolute Gasteiger partial charge is 0.489 e. The van der Waals surface area contributed by atoms with Crippen LogP contribution < -0.4 is 10.1 Å². The number of para-hydroxylation sites is 1. The van der Waals surface area contributed by atoms with E-state index in [9.17, 15) is 0 Å². The Labute approximate surface area is 173 Å². The minimum atomic E-state index is 0.669. The third kappa shape index (κ3) is 3.67. The van der Waals surface area contributed by atoms with Gasteiger partial charge in [-0.2, -0.15) is 0 Å². The summed E-state index contributed by atoms with van der Waals surface area (Å²) in [4.78, 5) is 2.57. The molecule has 3 saturated heterocycles. The SMILES string of the molecule is CCNCCn1c2ccccc2c2ccc(OCC=C3CN4CCC3CC4)cc21. The van der Waals surface area contributed by atoms with E-state index in [0.29, 0.717) is 6.61 Å². The fourth-order valence-electron chi connectivity index (χ4n) is 5.05. The van der Waals surface area contributed by atoms with Gasteiger partial charge in [0.2, 0.25) is 0 Å². The molecule has 0 radical (unpaired) electrons. The average Bonchev–Trinajstić information content (AvgIpc) is 3.08. The summed E-state index contributed by atoms with van der Waals surface area (Å²) >= 11 is 0. The summed E-state index contributed by atoms with van der Waals surface area (Å²) in [5.74, 6) is 1.75. The third-order valence-corrected chi connectivity index (χ3v) is 6.62. The molecule has 4 nitrogen and oxygen atoms in total. The van der Waals surface area contributed by atoms with Crippen molar-refractivity contribution in [3.05, 3.63) is 54.1 Å². The van der Waals surface area contributed by atoms with Crippen molar-refractivity contribution in [3.8, 4) is 5.75 Å². The lowest BCUT2D eigenvalue weighted by molar-refractivity contribution is 0.160. The molecule has 3 aliphatic rings. The van der Waals surface area contributed by atoms with Crippen LogP contribution in [0.25, 0.3) is 21.8 Å². The third-order valence-electron chi connectivity index (χ3n) is 6.62. The molecule has 2 bridgehead atoms. The highest BCUT2D eigenvalue weighted by Gasteiger charge is 2.28. The number of hydrogen-bond donors (Lipinski definition) is 1. The number of nitrogens with zero attached hydrogens (tertiary/aromatic N) is 2. The number of likely N-dealkylation sites (N-methyl/N-ethyl adjacent to an activating group) is 1. The Morgan fingerprint density at radius 2 is 1.90 bits per heavy atom. The van der Waals surface area contributed by atoms with Crippen molar-refractivity contribution in [1.82, 2.24) is 14.8 Å². The van der Waals surface area contributed by atoms with Crippen LogP contribution in [0.2, 0.25) is 0 Å². The summed E-state index contributed by atoms with van der Waals surface area (Å²) < 4.78 is 8.60. The number of ether oxygens (including phenoxy) is 1. The first kappa shape index (κ1) is 18.7. The van der Waals surface area contributed by atoms with Gasteiger partial charge in [-0.05, 0) is 62.7 Å². The monoisotopic (exact) mass is 389 g/mol. The Morgan fingerprint density at radius 1 is 1.07 bits per heavy atom. The van der Waals surface area contributed by atoms with Gasteiger partial charge in [-0.3, -0.25) is 4.90 Å². The van der Waals surface area contributed by atoms with Crippen LogP contribution in [0.3, 0.4) is 0 Å². The molecule has 2 aromatic carbocycles. The number of fused-ring (bicyclic) bond motifs is 6. The molecular weight excluding hydrogens is 358 g/mol. The molecule has 4 heteroatoms. The van der Waals surface area contributed by atoms with Crippen molar-refractivity contribution >= 4 is 21.8 Å². The van der Waals surface area contributed by atoms with Gasteiger partial charge in [0.25, 0.3) is 0 Å². The molecule has 3 fully saturated rings. The first-order valence-electron chi connectivity index (χ1n) is 11.1. The van der Waals surface area contributed by atoms with Crippen LogP contribution >= 0.6 is 0 Å². The predicted octanol–water partition coefficient (Wildman–Crippen LogP) is 4.43. The van der Waals surface area contributed by atoms with E-state index >= 15 is 0 Å². The highest BCUT2D eigenvalue weighted by Crippen LogP contribution is 2.33. The van der Waals surface area contributed by atoms with Gasteiger partial charge in [0, 0.05) is 42.0 Å². The Morgan fingerprint density at radius 3 is 2.69 bits per heavy atom. The number of aromatic nitrogens is 1. The Kier molecular flexibility index (Phi) is 5.30. The van der Waals surface area contributed by atoms with Gasteiger partial charge in [-0.15, -0.1) is 0 Å². The lowest BCUT2D eigenvalue weighted by Gasteiger charge is -2.41. The smallest absolute Gasteiger partial charge is 0.121 e. The van der Waals surface area contributed by atoms with E-state index in [1.54, 1.807) is 5.57 Å². The molecular formula is C25H31N3O. The number of rotatable bonds is 7. The minimum absolute atomic E-state index is 0.669. The van der Waals surface area contributed by atoms with Crippen molar-refractivity contribution in [2.75, 3.05) is 39.3 Å². The van der Waals surface area contributed by atoms with Crippen LogP contribution in [0.5, 0.6) is 5.75 Å². The molecule has 3 aromatic rings. The molecule has 0 amide bonds. The van der Waals surface area contributed by atoms with Crippen LogP contribution in [0, 0.1) is 5.92 Å². The quantitative estimate of drug-likeness (QED) is 0.479. The number of nitrogens with one attached hydrogen (secondary N) is 1. The predicted molar refractivity (Wildman–Crippen MR) is 121 cm³/mol. The molecule has 0 aliphatic carbocycles. The van der Waals surface area contributed by atoms with Gasteiger partial charge in [0.1, 0.15) is 12.4 Å². The van der Waals surface area contributed by atoms with Crippen LogP contribution in [-0.2, 0) is 6.54 Å². The van der Waals surface area contributed by atoms with Gasteiger partial charge < -0.3 is 14.6 Å². The molecule has 0 atom stereocenters. The average molecular weight is 390 g/mol. The van der Waals surface area contributed by atoms with E-state index in [0.717, 1.165) is 37.8 Å². The summed E-state index contributed by atoms with van der Waals surface area (Å²) in [6.45, 7) is 9.45. The number of hydrogen-bond acceptors (Lipinski definition) is 3. The van der Waals surface area contributed by atoms with E-state index in [-0.39, 0.29) is 0 Å². The van der Waals surface area contributed by atoms with E-state index in [4.69, 9.17) is 4.74 Å². The maximum absolute atomic E-state index is 6.18. The first-order valence-corrected chi connectivity index (χ1v) is 11.1. The van der Waals surface area contributed by atoms with Gasteiger partial charge in [-0.1, -0.05) is 30.7 Å². The van der Waals surface area contributed by atoms with Crippen LogP contribution in [-0.4, -0.2) is 48.8 Å². The van der Waals surface area contributed by atoms with Crippen molar-refractivity contribution < 1.29 is 4.74 Å². The van der Waals surface area contributed by atoms with Crippen molar-refractivity contribution in [3.63, 3.8) is 0 Å². The lowest BCUT2D eigenvalue weighted by atomic mass is 9.84. The van der Waals surface area contributed by atoms with Crippen molar-refractivity contribution in [2.24, 2.45) is 5.92 Å². The van der Waals surface area contributed by atoms with Crippen LogP contribution in [0.4, 0.5) is 0 Å². The van der Waals surface area contributed by atoms with Crippen molar-refractivity contribution in [2.45, 2.75) is 26.3 Å². The molecule has 4 heterocycles. The fraction of sp³-hybridized carbons (Fsp3) is 0.440. The zero-order chi connectivity index (χ0) is 19.6. The molecule has 1 aromatic heterocycles. The van der Waals surface area contributed by atoms with Crippen LogP contribution in [0.15, 0.2) is 54.1 Å². The Balaban J connectivity index is 1.39. The number of piperidine rings is 3. The molecule has 152 valence electrons. The molecule has 0 saturated carbocycles. The molecule has 1 N–H and O–H groups in total. The van der Waals surface area contributed by atoms with E-state index in [2.05, 4.69) is 70.2 Å². The highest BCUT2D eigenvalue weighted by molar-refractivity contribution is 6.08. The zero-order valence-corrected chi connectivity index (χ0v) is 17.4. The van der Waals surface area contributed by atoms with Gasteiger partial charge in [0.05, 0.1) is 5.52 Å². The second kappa shape index (κ2) is 8.21. The molecule has 29 heavy (non-hydrogen) atoms. The van der Waals surface area contributed by atoms with Gasteiger partial charge in [-0.25, -0.2) is 0 Å². The summed E-state index contributed by atoms with van der Waals surface area (Å²) in [7, 11) is 0. The molecule has 6 rings (SSSR count). The highest BCUT2D eigenvalue weighted by atomic mass is 16.5. The maximum Gasteiger partial charge on any atom is 0.121 e.